The van der Waals surface area contributed by atoms with Gasteiger partial charge in [-0.25, -0.2) is 0 Å². The molecule has 0 saturated carbocycles. The van der Waals surface area contributed by atoms with Gasteiger partial charge in [0.2, 0.25) is 11.7 Å². The Morgan fingerprint density at radius 2 is 2.07 bits per heavy atom. The minimum Gasteiger partial charge on any atom is -0.484 e. The highest BCUT2D eigenvalue weighted by molar-refractivity contribution is 7.13. The lowest BCUT2D eigenvalue weighted by atomic mass is 10.2. The molecule has 0 unspecified atom stereocenters. The van der Waals surface area contributed by atoms with E-state index in [1.807, 2.05) is 53.6 Å². The molecule has 3 aromatic rings. The fourth-order valence-electron chi connectivity index (χ4n) is 3.48. The van der Waals surface area contributed by atoms with Crippen molar-refractivity contribution < 1.29 is 14.1 Å². The first-order valence-corrected chi connectivity index (χ1v) is 11.1. The molecule has 0 radical (unpaired) electrons. The lowest BCUT2D eigenvalue weighted by molar-refractivity contribution is -0.135. The first-order valence-electron chi connectivity index (χ1n) is 10.2. The van der Waals surface area contributed by atoms with E-state index in [1.54, 1.807) is 11.3 Å². The maximum absolute atomic E-state index is 12.4. The number of amides is 1. The van der Waals surface area contributed by atoms with Gasteiger partial charge in [0.1, 0.15) is 5.75 Å². The monoisotopic (exact) mass is 426 g/mol. The Balaban J connectivity index is 1.15. The molecule has 2 aromatic heterocycles. The number of carbonyl (C=O) groups excluding carboxylic acids is 1. The summed E-state index contributed by atoms with van der Waals surface area (Å²) in [7, 11) is 0. The van der Waals surface area contributed by atoms with Crippen LogP contribution in [0.1, 0.15) is 17.9 Å². The molecule has 1 saturated heterocycles. The van der Waals surface area contributed by atoms with Crippen molar-refractivity contribution in [3.05, 3.63) is 53.2 Å². The number of benzene rings is 1. The molecule has 1 fully saturated rings. The SMILES string of the molecule is Cc1cccc(OCC(=O)N2CCN(CCCc3nc(-c4cccs4)no3)CC2)c1. The molecule has 158 valence electrons. The summed E-state index contributed by atoms with van der Waals surface area (Å²) in [6.07, 6.45) is 1.72. The first-order chi connectivity index (χ1) is 14.7. The highest BCUT2D eigenvalue weighted by Gasteiger charge is 2.21. The Hall–Kier alpha value is -2.71. The van der Waals surface area contributed by atoms with E-state index in [9.17, 15) is 4.79 Å². The molecular formula is C22H26N4O3S. The van der Waals surface area contributed by atoms with Gasteiger partial charge in [-0.2, -0.15) is 4.98 Å². The van der Waals surface area contributed by atoms with Crippen LogP contribution < -0.4 is 4.74 Å². The van der Waals surface area contributed by atoms with Crippen molar-refractivity contribution in [1.82, 2.24) is 19.9 Å². The molecule has 0 spiro atoms. The molecule has 30 heavy (non-hydrogen) atoms. The number of hydrogen-bond donors (Lipinski definition) is 0. The minimum absolute atomic E-state index is 0.0446. The molecule has 0 bridgehead atoms. The molecule has 0 atom stereocenters. The molecule has 4 rings (SSSR count). The number of aryl methyl sites for hydroxylation is 2. The van der Waals surface area contributed by atoms with Crippen LogP contribution in [0.4, 0.5) is 0 Å². The van der Waals surface area contributed by atoms with Crippen molar-refractivity contribution in [2.75, 3.05) is 39.3 Å². The van der Waals surface area contributed by atoms with Crippen LogP contribution in [-0.2, 0) is 11.2 Å². The van der Waals surface area contributed by atoms with Crippen LogP contribution in [-0.4, -0.2) is 65.2 Å². The summed E-state index contributed by atoms with van der Waals surface area (Å²) in [5.41, 5.74) is 1.12. The number of hydrogen-bond acceptors (Lipinski definition) is 7. The number of ether oxygens (including phenoxy) is 1. The summed E-state index contributed by atoms with van der Waals surface area (Å²) in [6, 6.07) is 11.7. The van der Waals surface area contributed by atoms with Crippen LogP contribution >= 0.6 is 11.3 Å². The van der Waals surface area contributed by atoms with Crippen LogP contribution in [0.25, 0.3) is 10.7 Å². The minimum atomic E-state index is 0.0446. The lowest BCUT2D eigenvalue weighted by Crippen LogP contribution is -2.50. The maximum atomic E-state index is 12.4. The van der Waals surface area contributed by atoms with Crippen molar-refractivity contribution in [1.29, 1.82) is 0 Å². The molecule has 8 heteroatoms. The van der Waals surface area contributed by atoms with Crippen molar-refractivity contribution in [2.45, 2.75) is 19.8 Å². The molecule has 0 aliphatic carbocycles. The second kappa shape index (κ2) is 9.86. The number of piperazine rings is 1. The van der Waals surface area contributed by atoms with Crippen LogP contribution in [0.15, 0.2) is 46.3 Å². The molecule has 1 aliphatic heterocycles. The largest absolute Gasteiger partial charge is 0.484 e. The van der Waals surface area contributed by atoms with Gasteiger partial charge in [0, 0.05) is 32.6 Å². The Morgan fingerprint density at radius 1 is 1.20 bits per heavy atom. The Morgan fingerprint density at radius 3 is 2.83 bits per heavy atom. The fourth-order valence-corrected chi connectivity index (χ4v) is 4.13. The van der Waals surface area contributed by atoms with Crippen LogP contribution in [0.2, 0.25) is 0 Å². The van der Waals surface area contributed by atoms with E-state index in [1.165, 1.54) is 0 Å². The standard InChI is InChI=1S/C22H26N4O3S/c1-17-5-2-6-18(15-17)28-16-21(27)26-12-10-25(11-13-26)9-3-8-20-23-22(24-29-20)19-7-4-14-30-19/h2,4-7,14-15H,3,8-13,16H2,1H3. The maximum Gasteiger partial charge on any atom is 0.260 e. The van der Waals surface area contributed by atoms with Crippen LogP contribution in [0.3, 0.4) is 0 Å². The van der Waals surface area contributed by atoms with Gasteiger partial charge < -0.3 is 14.2 Å². The third kappa shape index (κ3) is 5.46. The van der Waals surface area contributed by atoms with Crippen LogP contribution in [0, 0.1) is 6.92 Å². The first kappa shape index (κ1) is 20.6. The number of thiophene rings is 1. The normalized spacial score (nSPS) is 14.8. The summed E-state index contributed by atoms with van der Waals surface area (Å²) in [6.45, 7) is 6.28. The van der Waals surface area contributed by atoms with E-state index in [0.717, 1.165) is 61.8 Å². The average Bonchev–Trinajstić information content (AvgIpc) is 3.45. The van der Waals surface area contributed by atoms with E-state index < -0.39 is 0 Å². The van der Waals surface area contributed by atoms with Crippen molar-refractivity contribution in [3.63, 3.8) is 0 Å². The topological polar surface area (TPSA) is 71.7 Å². The van der Waals surface area contributed by atoms with Gasteiger partial charge >= 0.3 is 0 Å². The van der Waals surface area contributed by atoms with Gasteiger partial charge in [0.15, 0.2) is 6.61 Å². The number of rotatable bonds is 8. The molecule has 7 nitrogen and oxygen atoms in total. The Bertz CT molecular complexity index is 949. The highest BCUT2D eigenvalue weighted by Crippen LogP contribution is 2.21. The number of aromatic nitrogens is 2. The highest BCUT2D eigenvalue weighted by atomic mass is 32.1. The number of nitrogens with zero attached hydrogens (tertiary/aromatic N) is 4. The van der Waals surface area contributed by atoms with Gasteiger partial charge in [-0.1, -0.05) is 23.4 Å². The number of carbonyl (C=O) groups is 1. The van der Waals surface area contributed by atoms with Gasteiger partial charge in [-0.15, -0.1) is 11.3 Å². The predicted molar refractivity (Wildman–Crippen MR) is 116 cm³/mol. The zero-order chi connectivity index (χ0) is 20.8. The fraction of sp³-hybridized carbons (Fsp3) is 0.409. The zero-order valence-corrected chi connectivity index (χ0v) is 17.9. The third-order valence-corrected chi connectivity index (χ3v) is 6.02. The van der Waals surface area contributed by atoms with Gasteiger partial charge in [0.25, 0.3) is 5.91 Å². The van der Waals surface area contributed by atoms with E-state index in [2.05, 4.69) is 15.0 Å². The molecule has 1 aliphatic rings. The lowest BCUT2D eigenvalue weighted by Gasteiger charge is -2.34. The summed E-state index contributed by atoms with van der Waals surface area (Å²) in [5.74, 6) is 2.13. The van der Waals surface area contributed by atoms with Gasteiger partial charge in [-0.3, -0.25) is 9.69 Å². The van der Waals surface area contributed by atoms with E-state index >= 15 is 0 Å². The Labute approximate surface area is 180 Å². The molecule has 0 N–H and O–H groups in total. The Kier molecular flexibility index (Phi) is 6.76. The predicted octanol–water partition coefficient (Wildman–Crippen LogP) is 3.26. The smallest absolute Gasteiger partial charge is 0.260 e. The van der Waals surface area contributed by atoms with E-state index in [-0.39, 0.29) is 12.5 Å². The average molecular weight is 427 g/mol. The van der Waals surface area contributed by atoms with Gasteiger partial charge in [-0.05, 0) is 49.0 Å². The van der Waals surface area contributed by atoms with Crippen LogP contribution in [0.5, 0.6) is 5.75 Å². The van der Waals surface area contributed by atoms with Crippen molar-refractivity contribution in [2.24, 2.45) is 0 Å². The van der Waals surface area contributed by atoms with Gasteiger partial charge in [0.05, 0.1) is 4.88 Å². The summed E-state index contributed by atoms with van der Waals surface area (Å²) in [5, 5.41) is 6.06. The zero-order valence-electron chi connectivity index (χ0n) is 17.1. The summed E-state index contributed by atoms with van der Waals surface area (Å²) in [4.78, 5) is 22.2. The quantitative estimate of drug-likeness (QED) is 0.551. The summed E-state index contributed by atoms with van der Waals surface area (Å²) < 4.78 is 11.0. The van der Waals surface area contributed by atoms with E-state index in [0.29, 0.717) is 11.7 Å². The third-order valence-electron chi connectivity index (χ3n) is 5.15. The molecule has 1 amide bonds. The van der Waals surface area contributed by atoms with E-state index in [4.69, 9.17) is 9.26 Å². The molecule has 3 heterocycles. The van der Waals surface area contributed by atoms with Crippen molar-refractivity contribution >= 4 is 17.2 Å². The second-order valence-corrected chi connectivity index (χ2v) is 8.37. The van der Waals surface area contributed by atoms with Crippen molar-refractivity contribution in [3.8, 4) is 16.5 Å². The molecular weight excluding hydrogens is 400 g/mol. The molecule has 1 aromatic carbocycles. The summed E-state index contributed by atoms with van der Waals surface area (Å²) >= 11 is 1.61. The second-order valence-electron chi connectivity index (χ2n) is 7.42.